The molecule has 5 aromatic carbocycles. The van der Waals surface area contributed by atoms with Crippen LogP contribution in [0, 0.1) is 0 Å². The van der Waals surface area contributed by atoms with Gasteiger partial charge in [-0.15, -0.1) is 0 Å². The fraction of sp³-hybridized carbons (Fsp3) is 0.494. The number of rotatable bonds is 0. The lowest BCUT2D eigenvalue weighted by molar-refractivity contribution is 0.590. The van der Waals surface area contributed by atoms with E-state index >= 15 is 0 Å². The maximum absolute atomic E-state index is 2.47. The molecule has 0 N–H and O–H groups in total. The summed E-state index contributed by atoms with van der Waals surface area (Å²) < 4.78 is 11.2. The molecule has 0 amide bonds. The van der Waals surface area contributed by atoms with Crippen LogP contribution in [0.2, 0.25) is 0 Å². The first-order chi connectivity index (χ1) is 39.5. The number of aryl methyl sites for hydroxylation is 6. The quantitative estimate of drug-likeness (QED) is 0.145. The van der Waals surface area contributed by atoms with Crippen LogP contribution < -0.4 is 0 Å². The van der Waals surface area contributed by atoms with Crippen LogP contribution in [0.4, 0.5) is 0 Å². The Morgan fingerprint density at radius 3 is 1.26 bits per heavy atom. The van der Waals surface area contributed by atoms with Gasteiger partial charge in [0.2, 0.25) is 0 Å². The van der Waals surface area contributed by atoms with Crippen molar-refractivity contribution in [2.24, 2.45) is 28.2 Å². The minimum absolute atomic E-state index is 0.214. The van der Waals surface area contributed by atoms with Crippen molar-refractivity contribution in [2.75, 3.05) is 0 Å². The van der Waals surface area contributed by atoms with Gasteiger partial charge in [0.05, 0.1) is 5.52 Å². The van der Waals surface area contributed by atoms with Crippen molar-refractivity contribution < 1.29 is 0 Å². The Kier molecular flexibility index (Phi) is 30.8. The fourth-order valence-corrected chi connectivity index (χ4v) is 10.1. The lowest BCUT2D eigenvalue weighted by Crippen LogP contribution is -2.12. The molecule has 11 rings (SSSR count). The molecule has 0 radical (unpaired) electrons. The summed E-state index contributed by atoms with van der Waals surface area (Å²) in [5.41, 5.74) is 16.5. The van der Waals surface area contributed by atoms with E-state index in [1.165, 1.54) is 107 Å². The average Bonchev–Trinajstić information content (AvgIpc) is 3.70. The number of para-hydroxylation sites is 1. The molecular weight excluding hydrogens is 1020 g/mol. The summed E-state index contributed by atoms with van der Waals surface area (Å²) in [4.78, 5) is 0. The molecule has 5 aromatic heterocycles. The van der Waals surface area contributed by atoms with Crippen molar-refractivity contribution in [3.63, 3.8) is 0 Å². The number of fused-ring (bicyclic) bond motifs is 7. The van der Waals surface area contributed by atoms with Gasteiger partial charge in [-0.3, -0.25) is 0 Å². The highest BCUT2D eigenvalue weighted by molar-refractivity contribution is 5.86. The van der Waals surface area contributed by atoms with Gasteiger partial charge in [0.25, 0.3) is 0 Å². The van der Waals surface area contributed by atoms with Crippen molar-refractivity contribution in [3.8, 4) is 0 Å². The number of hydrogen-bond acceptors (Lipinski definition) is 0. The average molecular weight is 1140 g/mol. The topological polar surface area (TPSA) is 24.6 Å². The van der Waals surface area contributed by atoms with Gasteiger partial charge in [-0.1, -0.05) is 242 Å². The van der Waals surface area contributed by atoms with E-state index in [9.17, 15) is 0 Å². The van der Waals surface area contributed by atoms with Crippen LogP contribution in [0.3, 0.4) is 0 Å². The van der Waals surface area contributed by atoms with Gasteiger partial charge in [-0.2, -0.15) is 0 Å². The molecule has 464 valence electrons. The van der Waals surface area contributed by atoms with Crippen LogP contribution in [-0.4, -0.2) is 22.8 Å². The molecule has 0 aliphatic carbocycles. The van der Waals surface area contributed by atoms with Crippen LogP contribution >= 0.6 is 0 Å². The van der Waals surface area contributed by atoms with Crippen molar-refractivity contribution in [1.82, 2.24) is 22.8 Å². The van der Waals surface area contributed by atoms with Crippen molar-refractivity contribution in [1.29, 1.82) is 0 Å². The summed E-state index contributed by atoms with van der Waals surface area (Å²) in [5, 5.41) is 6.78. The van der Waals surface area contributed by atoms with Gasteiger partial charge >= 0.3 is 0 Å². The summed E-state index contributed by atoms with van der Waals surface area (Å²) in [6.07, 6.45) is 11.0. The summed E-state index contributed by atoms with van der Waals surface area (Å²) in [6, 6.07) is 44.5. The Morgan fingerprint density at radius 1 is 0.310 bits per heavy atom. The highest BCUT2D eigenvalue weighted by atomic mass is 15.0. The molecule has 10 aromatic rings. The number of benzene rings is 5. The first-order valence-corrected chi connectivity index (χ1v) is 32.4. The third-order valence-corrected chi connectivity index (χ3v) is 14.6. The van der Waals surface area contributed by atoms with E-state index in [0.717, 1.165) is 0 Å². The lowest BCUT2D eigenvalue weighted by Gasteiger charge is -2.20. The van der Waals surface area contributed by atoms with Crippen molar-refractivity contribution >= 4 is 54.5 Å². The molecule has 0 spiro atoms. The minimum Gasteiger partial charge on any atom is -0.351 e. The second-order valence-electron chi connectivity index (χ2n) is 25.7. The summed E-state index contributed by atoms with van der Waals surface area (Å²) in [5.74, 6) is 0. The van der Waals surface area contributed by atoms with Crippen LogP contribution in [0.15, 0.2) is 146 Å². The fourth-order valence-electron chi connectivity index (χ4n) is 10.1. The van der Waals surface area contributed by atoms with E-state index in [2.05, 4.69) is 301 Å². The van der Waals surface area contributed by atoms with Gasteiger partial charge in [-0.05, 0) is 151 Å². The van der Waals surface area contributed by atoms with E-state index in [1.54, 1.807) is 0 Å². The molecule has 1 aliphatic heterocycles. The highest BCUT2D eigenvalue weighted by Gasteiger charge is 2.21. The first kappa shape index (κ1) is 75.8. The Bertz CT molecular complexity index is 3440. The van der Waals surface area contributed by atoms with Crippen LogP contribution in [0.1, 0.15) is 227 Å². The SMILES string of the molecule is CC.CC.CC.CC.CC.CC.CC(C)(C)c1ccc2c(c1)cc1n2CCC1.Cn1ccc2c(C(C)(C)C)cccc21.Cn1ccc2cc(C(C)(C)C)ccc21.Cn1ccc2ccc(C(C)(C)C)cc21.Cn1ccc2cccc(C(C)(C)C)c21. The Labute approximate surface area is 515 Å². The van der Waals surface area contributed by atoms with E-state index in [1.807, 2.05) is 83.1 Å². The van der Waals surface area contributed by atoms with E-state index < -0.39 is 0 Å². The maximum atomic E-state index is 2.47. The maximum Gasteiger partial charge on any atom is 0.0515 e. The summed E-state index contributed by atoms with van der Waals surface area (Å²) in [6.45, 7) is 59.1. The van der Waals surface area contributed by atoms with E-state index in [4.69, 9.17) is 0 Å². The molecular formula is C79H123N5. The molecule has 5 heteroatoms. The molecule has 0 bridgehead atoms. The molecule has 0 fully saturated rings. The van der Waals surface area contributed by atoms with Crippen molar-refractivity contribution in [2.45, 2.75) is 233 Å². The molecule has 0 saturated heterocycles. The van der Waals surface area contributed by atoms with Gasteiger partial charge in [0.15, 0.2) is 0 Å². The zero-order valence-electron chi connectivity index (χ0n) is 59.7. The van der Waals surface area contributed by atoms with Crippen LogP contribution in [-0.2, 0) is 68.2 Å². The first-order valence-electron chi connectivity index (χ1n) is 32.4. The monoisotopic (exact) mass is 1140 g/mol. The predicted molar refractivity (Wildman–Crippen MR) is 384 cm³/mol. The molecule has 1 aliphatic rings. The molecule has 0 atom stereocenters. The number of aromatic nitrogens is 5. The third-order valence-electron chi connectivity index (χ3n) is 14.6. The minimum atomic E-state index is 0.214. The Morgan fingerprint density at radius 2 is 0.726 bits per heavy atom. The molecule has 84 heavy (non-hydrogen) atoms. The zero-order valence-corrected chi connectivity index (χ0v) is 59.7. The molecule has 6 heterocycles. The number of hydrogen-bond donors (Lipinski definition) is 0. The summed E-state index contributed by atoms with van der Waals surface area (Å²) in [7, 11) is 8.38. The lowest BCUT2D eigenvalue weighted by atomic mass is 9.85. The zero-order chi connectivity index (χ0) is 64.7. The van der Waals surface area contributed by atoms with Gasteiger partial charge in [-0.25, -0.2) is 0 Å². The van der Waals surface area contributed by atoms with Gasteiger partial charge in [0.1, 0.15) is 0 Å². The van der Waals surface area contributed by atoms with Gasteiger partial charge in [0, 0.05) is 98.1 Å². The highest BCUT2D eigenvalue weighted by Crippen LogP contribution is 2.34. The van der Waals surface area contributed by atoms with E-state index in [-0.39, 0.29) is 27.1 Å². The third kappa shape index (κ3) is 20.2. The van der Waals surface area contributed by atoms with Crippen LogP contribution in [0.5, 0.6) is 0 Å². The molecule has 0 unspecified atom stereocenters. The second kappa shape index (κ2) is 34.1. The predicted octanol–water partition coefficient (Wildman–Crippen LogP) is 23.9. The second-order valence-corrected chi connectivity index (χ2v) is 25.7. The normalized spacial score (nSPS) is 11.6. The Hall–Kier alpha value is -6.20. The standard InChI is InChI=1S/C15H19N.4C13H17N.6C2H6/c1-15(2,3)12-6-7-14-11(9-12)10-13-5-4-8-16(13)14;1-13(2,3)11-5-6-12-10(9-11)7-8-14(12)4;1-13(2,3)11-6-5-10-7-8-14(4)12(10)9-11;1-13(2,3)11-6-5-7-12-10(11)8-9-14(12)4;1-13(2,3)11-7-5-6-10-8-9-14(4)12(10)11;6*1-2/h6-7,9-10H,4-5,8H2,1-3H3;4*5-9H,1-4H3;6*1-2H3. The largest absolute Gasteiger partial charge is 0.351 e. The van der Waals surface area contributed by atoms with Crippen molar-refractivity contribution in [3.05, 3.63) is 180 Å². The van der Waals surface area contributed by atoms with Crippen LogP contribution in [0.25, 0.3) is 54.5 Å². The number of nitrogens with zero attached hydrogens (tertiary/aromatic N) is 5. The molecule has 0 saturated carbocycles. The Balaban J connectivity index is 0.000000502. The van der Waals surface area contributed by atoms with Gasteiger partial charge < -0.3 is 22.8 Å². The summed E-state index contributed by atoms with van der Waals surface area (Å²) >= 11 is 0. The smallest absolute Gasteiger partial charge is 0.0515 e. The van der Waals surface area contributed by atoms with E-state index in [0.29, 0.717) is 0 Å². The molecule has 5 nitrogen and oxygen atoms in total.